The van der Waals surface area contributed by atoms with Crippen molar-refractivity contribution >= 4 is 11.0 Å². The zero-order chi connectivity index (χ0) is 14.8. The summed E-state index contributed by atoms with van der Waals surface area (Å²) in [5.41, 5.74) is 11.1. The fourth-order valence-electron chi connectivity index (χ4n) is 2.68. The first-order valence-electron chi connectivity index (χ1n) is 7.35. The Labute approximate surface area is 124 Å². The molecule has 0 aliphatic carbocycles. The van der Waals surface area contributed by atoms with Crippen molar-refractivity contribution in [1.82, 2.24) is 14.5 Å². The molecule has 3 rings (SSSR count). The van der Waals surface area contributed by atoms with Gasteiger partial charge in [-0.2, -0.15) is 0 Å². The molecule has 0 saturated heterocycles. The molecule has 3 aromatic rings. The second-order valence-corrected chi connectivity index (χ2v) is 5.25. The average molecular weight is 280 g/mol. The van der Waals surface area contributed by atoms with Gasteiger partial charge in [0.15, 0.2) is 0 Å². The van der Waals surface area contributed by atoms with E-state index in [0.717, 1.165) is 46.6 Å². The first-order valence-corrected chi connectivity index (χ1v) is 7.35. The van der Waals surface area contributed by atoms with Crippen LogP contribution in [0.1, 0.15) is 24.6 Å². The highest BCUT2D eigenvalue weighted by Crippen LogP contribution is 2.27. The fraction of sp³-hybridized carbons (Fsp3) is 0.294. The van der Waals surface area contributed by atoms with E-state index in [1.807, 2.05) is 19.2 Å². The summed E-state index contributed by atoms with van der Waals surface area (Å²) in [5, 5.41) is 0. The van der Waals surface area contributed by atoms with Gasteiger partial charge in [0, 0.05) is 30.5 Å². The Morgan fingerprint density at radius 3 is 2.81 bits per heavy atom. The van der Waals surface area contributed by atoms with Crippen LogP contribution in [0.2, 0.25) is 0 Å². The van der Waals surface area contributed by atoms with Gasteiger partial charge in [-0.3, -0.25) is 4.98 Å². The minimum Gasteiger partial charge on any atom is -0.326 e. The van der Waals surface area contributed by atoms with Crippen molar-refractivity contribution in [3.05, 3.63) is 47.8 Å². The van der Waals surface area contributed by atoms with Gasteiger partial charge in [0.05, 0.1) is 11.0 Å². The Kier molecular flexibility index (Phi) is 3.71. The SMILES string of the molecule is CCCn1c(-c2cccnc2C)nc2cc(CN)ccc21. The number of hydrogen-bond acceptors (Lipinski definition) is 3. The van der Waals surface area contributed by atoms with Gasteiger partial charge in [-0.05, 0) is 43.2 Å². The van der Waals surface area contributed by atoms with Crippen LogP contribution in [0.25, 0.3) is 22.4 Å². The quantitative estimate of drug-likeness (QED) is 0.798. The molecule has 21 heavy (non-hydrogen) atoms. The molecule has 2 aromatic heterocycles. The summed E-state index contributed by atoms with van der Waals surface area (Å²) in [6, 6.07) is 10.3. The highest BCUT2D eigenvalue weighted by Gasteiger charge is 2.14. The second kappa shape index (κ2) is 5.66. The normalized spacial score (nSPS) is 11.2. The molecule has 0 spiro atoms. The van der Waals surface area contributed by atoms with Crippen molar-refractivity contribution in [2.75, 3.05) is 0 Å². The Bertz CT molecular complexity index is 774. The number of imidazole rings is 1. The first kappa shape index (κ1) is 13.8. The van der Waals surface area contributed by atoms with E-state index in [4.69, 9.17) is 10.7 Å². The van der Waals surface area contributed by atoms with Crippen LogP contribution in [0.3, 0.4) is 0 Å². The molecule has 0 aliphatic heterocycles. The molecular formula is C17H20N4. The van der Waals surface area contributed by atoms with Crippen molar-refractivity contribution in [1.29, 1.82) is 0 Å². The number of benzene rings is 1. The van der Waals surface area contributed by atoms with E-state index in [1.54, 1.807) is 0 Å². The Morgan fingerprint density at radius 2 is 2.10 bits per heavy atom. The third-order valence-electron chi connectivity index (χ3n) is 3.74. The summed E-state index contributed by atoms with van der Waals surface area (Å²) in [5.74, 6) is 0.992. The highest BCUT2D eigenvalue weighted by molar-refractivity contribution is 5.81. The Hall–Kier alpha value is -2.20. The van der Waals surface area contributed by atoms with Crippen LogP contribution in [0.5, 0.6) is 0 Å². The molecular weight excluding hydrogens is 260 g/mol. The van der Waals surface area contributed by atoms with E-state index in [0.29, 0.717) is 6.54 Å². The van der Waals surface area contributed by atoms with Crippen LogP contribution in [0.15, 0.2) is 36.5 Å². The third kappa shape index (κ3) is 2.43. The predicted octanol–water partition coefficient (Wildman–Crippen LogP) is 3.28. The van der Waals surface area contributed by atoms with Gasteiger partial charge < -0.3 is 10.3 Å². The highest BCUT2D eigenvalue weighted by atomic mass is 15.1. The number of nitrogens with two attached hydrogens (primary N) is 1. The molecule has 2 heterocycles. The fourth-order valence-corrected chi connectivity index (χ4v) is 2.68. The second-order valence-electron chi connectivity index (χ2n) is 5.25. The van der Waals surface area contributed by atoms with Crippen molar-refractivity contribution in [3.8, 4) is 11.4 Å². The molecule has 0 bridgehead atoms. The summed E-state index contributed by atoms with van der Waals surface area (Å²) in [6.07, 6.45) is 2.88. The molecule has 0 unspecified atom stereocenters. The molecule has 0 aliphatic rings. The smallest absolute Gasteiger partial charge is 0.142 e. The molecule has 0 amide bonds. The number of hydrogen-bond donors (Lipinski definition) is 1. The van der Waals surface area contributed by atoms with Crippen molar-refractivity contribution < 1.29 is 0 Å². The lowest BCUT2D eigenvalue weighted by atomic mass is 10.2. The zero-order valence-corrected chi connectivity index (χ0v) is 12.5. The van der Waals surface area contributed by atoms with Gasteiger partial charge in [0.1, 0.15) is 5.82 Å². The lowest BCUT2D eigenvalue weighted by Crippen LogP contribution is -2.01. The zero-order valence-electron chi connectivity index (χ0n) is 12.5. The van der Waals surface area contributed by atoms with Crippen LogP contribution < -0.4 is 5.73 Å². The molecule has 0 saturated carbocycles. The lowest BCUT2D eigenvalue weighted by Gasteiger charge is -2.09. The molecule has 1 aromatic carbocycles. The van der Waals surface area contributed by atoms with Gasteiger partial charge in [-0.1, -0.05) is 13.0 Å². The topological polar surface area (TPSA) is 56.7 Å². The Morgan fingerprint density at radius 1 is 1.24 bits per heavy atom. The van der Waals surface area contributed by atoms with E-state index < -0.39 is 0 Å². The number of nitrogens with zero attached hydrogens (tertiary/aromatic N) is 3. The minimum absolute atomic E-state index is 0.540. The van der Waals surface area contributed by atoms with E-state index >= 15 is 0 Å². The first-order chi connectivity index (χ1) is 10.2. The van der Waals surface area contributed by atoms with E-state index in [1.165, 1.54) is 0 Å². The number of fused-ring (bicyclic) bond motifs is 1. The Balaban J connectivity index is 2.26. The van der Waals surface area contributed by atoms with Gasteiger partial charge in [-0.15, -0.1) is 0 Å². The summed E-state index contributed by atoms with van der Waals surface area (Å²) in [7, 11) is 0. The standard InChI is InChI=1S/C17H20N4/c1-3-9-21-16-7-6-13(11-18)10-15(16)20-17(21)14-5-4-8-19-12(14)2/h4-8,10H,3,9,11,18H2,1-2H3. The van der Waals surface area contributed by atoms with E-state index in [-0.39, 0.29) is 0 Å². The van der Waals surface area contributed by atoms with Crippen LogP contribution in [0.4, 0.5) is 0 Å². The van der Waals surface area contributed by atoms with Crippen LogP contribution in [-0.4, -0.2) is 14.5 Å². The number of aromatic nitrogens is 3. The lowest BCUT2D eigenvalue weighted by molar-refractivity contribution is 0.703. The molecule has 0 atom stereocenters. The minimum atomic E-state index is 0.540. The van der Waals surface area contributed by atoms with Crippen LogP contribution >= 0.6 is 0 Å². The van der Waals surface area contributed by atoms with E-state index in [9.17, 15) is 0 Å². The van der Waals surface area contributed by atoms with Gasteiger partial charge in [0.2, 0.25) is 0 Å². The maximum Gasteiger partial charge on any atom is 0.142 e. The van der Waals surface area contributed by atoms with Crippen LogP contribution in [-0.2, 0) is 13.1 Å². The molecule has 4 nitrogen and oxygen atoms in total. The van der Waals surface area contributed by atoms with Gasteiger partial charge in [0.25, 0.3) is 0 Å². The molecule has 108 valence electrons. The monoisotopic (exact) mass is 280 g/mol. The molecule has 4 heteroatoms. The number of pyridine rings is 1. The van der Waals surface area contributed by atoms with Crippen LogP contribution in [0, 0.1) is 6.92 Å². The number of rotatable bonds is 4. The molecule has 0 fully saturated rings. The predicted molar refractivity (Wildman–Crippen MR) is 85.9 cm³/mol. The average Bonchev–Trinajstić information content (AvgIpc) is 2.86. The molecule has 0 radical (unpaired) electrons. The summed E-state index contributed by atoms with van der Waals surface area (Å²) >= 11 is 0. The van der Waals surface area contributed by atoms with Gasteiger partial charge >= 0.3 is 0 Å². The summed E-state index contributed by atoms with van der Waals surface area (Å²) in [4.78, 5) is 9.23. The third-order valence-corrected chi connectivity index (χ3v) is 3.74. The number of aryl methyl sites for hydroxylation is 2. The maximum atomic E-state index is 5.74. The van der Waals surface area contributed by atoms with Gasteiger partial charge in [-0.25, -0.2) is 4.98 Å². The largest absolute Gasteiger partial charge is 0.326 e. The maximum absolute atomic E-state index is 5.74. The van der Waals surface area contributed by atoms with Crippen molar-refractivity contribution in [2.24, 2.45) is 5.73 Å². The van der Waals surface area contributed by atoms with E-state index in [2.05, 4.69) is 40.7 Å². The molecule has 2 N–H and O–H groups in total. The summed E-state index contributed by atoms with van der Waals surface area (Å²) < 4.78 is 2.28. The summed E-state index contributed by atoms with van der Waals surface area (Å²) in [6.45, 7) is 5.69. The van der Waals surface area contributed by atoms with Crippen molar-refractivity contribution in [3.63, 3.8) is 0 Å². The van der Waals surface area contributed by atoms with Crippen molar-refractivity contribution in [2.45, 2.75) is 33.4 Å².